The number of esters is 1. The Morgan fingerprint density at radius 1 is 1.20 bits per heavy atom. The zero-order chi connectivity index (χ0) is 15.0. The Kier molecular flexibility index (Phi) is 7.26. The highest BCUT2D eigenvalue weighted by atomic mass is 16.5. The highest BCUT2D eigenvalue weighted by molar-refractivity contribution is 5.65. The zero-order valence-electron chi connectivity index (χ0n) is 12.4. The Morgan fingerprint density at radius 3 is 2.40 bits per heavy atom. The summed E-state index contributed by atoms with van der Waals surface area (Å²) in [5, 5.41) is 9.34. The van der Waals surface area contributed by atoms with Crippen LogP contribution in [0.3, 0.4) is 0 Å². The molecule has 0 aliphatic heterocycles. The fourth-order valence-electron chi connectivity index (χ4n) is 2.10. The summed E-state index contributed by atoms with van der Waals surface area (Å²) in [4.78, 5) is 10.9. The molecule has 1 rings (SSSR count). The van der Waals surface area contributed by atoms with Gasteiger partial charge in [0.1, 0.15) is 0 Å². The second-order valence-electron chi connectivity index (χ2n) is 5.20. The molecule has 4 heteroatoms. The van der Waals surface area contributed by atoms with E-state index in [9.17, 15) is 9.90 Å². The molecule has 3 atom stereocenters. The van der Waals surface area contributed by atoms with Crippen molar-refractivity contribution in [2.24, 2.45) is 11.8 Å². The van der Waals surface area contributed by atoms with Gasteiger partial charge in [0.05, 0.1) is 19.3 Å². The van der Waals surface area contributed by atoms with Gasteiger partial charge in [0, 0.05) is 25.4 Å². The van der Waals surface area contributed by atoms with Crippen LogP contribution in [0.5, 0.6) is 0 Å². The molecular weight excluding hydrogens is 256 g/mol. The average molecular weight is 280 g/mol. The molecule has 1 aromatic rings. The largest absolute Gasteiger partial charge is 0.465 e. The number of aliphatic hydroxyl groups is 1. The third-order valence-corrected chi connectivity index (χ3v) is 3.24. The molecule has 4 nitrogen and oxygen atoms in total. The normalized spacial score (nSPS) is 15.4. The molecule has 0 aliphatic rings. The molecule has 0 aromatic heterocycles. The molecular formula is C16H24O4. The van der Waals surface area contributed by atoms with E-state index < -0.39 is 0 Å². The Labute approximate surface area is 120 Å². The van der Waals surface area contributed by atoms with E-state index in [1.54, 1.807) is 0 Å². The van der Waals surface area contributed by atoms with Crippen LogP contribution >= 0.6 is 0 Å². The molecule has 112 valence electrons. The molecule has 0 fully saturated rings. The first kappa shape index (κ1) is 16.7. The second kappa shape index (κ2) is 8.72. The van der Waals surface area contributed by atoms with Gasteiger partial charge < -0.3 is 14.6 Å². The maximum absolute atomic E-state index is 10.9. The Hall–Kier alpha value is -1.39. The third-order valence-electron chi connectivity index (χ3n) is 3.24. The molecule has 0 saturated carbocycles. The monoisotopic (exact) mass is 280 g/mol. The van der Waals surface area contributed by atoms with Crippen LogP contribution in [-0.2, 0) is 20.9 Å². The van der Waals surface area contributed by atoms with Crippen LogP contribution in [0, 0.1) is 11.8 Å². The fourth-order valence-corrected chi connectivity index (χ4v) is 2.10. The van der Waals surface area contributed by atoms with Crippen LogP contribution in [0.4, 0.5) is 0 Å². The highest BCUT2D eigenvalue weighted by Crippen LogP contribution is 2.19. The maximum Gasteiger partial charge on any atom is 0.302 e. The lowest BCUT2D eigenvalue weighted by molar-refractivity contribution is -0.145. The van der Waals surface area contributed by atoms with Crippen molar-refractivity contribution in [1.29, 1.82) is 0 Å². The van der Waals surface area contributed by atoms with E-state index in [0.29, 0.717) is 13.2 Å². The van der Waals surface area contributed by atoms with Crippen LogP contribution in [0.1, 0.15) is 26.3 Å². The van der Waals surface area contributed by atoms with Gasteiger partial charge >= 0.3 is 5.97 Å². The predicted octanol–water partition coefficient (Wildman–Crippen LogP) is 2.40. The molecule has 0 bridgehead atoms. The second-order valence-corrected chi connectivity index (χ2v) is 5.20. The number of hydrogen-bond acceptors (Lipinski definition) is 4. The summed E-state index contributed by atoms with van der Waals surface area (Å²) in [6, 6.07) is 9.88. The van der Waals surface area contributed by atoms with Crippen molar-refractivity contribution in [2.75, 3.05) is 13.2 Å². The molecule has 0 spiro atoms. The molecule has 1 unspecified atom stereocenters. The standard InChI is InChI=1S/C16H24O4/c1-12(9-17)16(13(2)10-19-14(3)18)20-11-15-7-5-4-6-8-15/h4-8,12-13,16-17H,9-11H2,1-3H3/t12-,13+,16?/m0/s1. The SMILES string of the molecule is CC(=O)OC[C@@H](C)C(OCc1ccccc1)[C@@H](C)CO. The van der Waals surface area contributed by atoms with Gasteiger partial charge in [0.25, 0.3) is 0 Å². The summed E-state index contributed by atoms with van der Waals surface area (Å²) in [7, 11) is 0. The topological polar surface area (TPSA) is 55.8 Å². The smallest absolute Gasteiger partial charge is 0.302 e. The van der Waals surface area contributed by atoms with E-state index in [2.05, 4.69) is 0 Å². The van der Waals surface area contributed by atoms with Crippen molar-refractivity contribution in [1.82, 2.24) is 0 Å². The quantitative estimate of drug-likeness (QED) is 0.743. The molecule has 0 radical (unpaired) electrons. The lowest BCUT2D eigenvalue weighted by Gasteiger charge is -2.28. The maximum atomic E-state index is 10.9. The number of carbonyl (C=O) groups is 1. The zero-order valence-corrected chi connectivity index (χ0v) is 12.4. The number of ether oxygens (including phenoxy) is 2. The minimum atomic E-state index is -0.296. The first-order chi connectivity index (χ1) is 9.54. The molecule has 0 aliphatic carbocycles. The molecule has 0 heterocycles. The van der Waals surface area contributed by atoms with E-state index in [1.807, 2.05) is 44.2 Å². The van der Waals surface area contributed by atoms with E-state index in [-0.39, 0.29) is 30.5 Å². The van der Waals surface area contributed by atoms with Gasteiger partial charge in [-0.25, -0.2) is 0 Å². The van der Waals surface area contributed by atoms with Crippen molar-refractivity contribution in [3.05, 3.63) is 35.9 Å². The van der Waals surface area contributed by atoms with Crippen molar-refractivity contribution in [2.45, 2.75) is 33.5 Å². The Morgan fingerprint density at radius 2 is 1.85 bits per heavy atom. The minimum absolute atomic E-state index is 0.00993. The molecule has 0 amide bonds. The van der Waals surface area contributed by atoms with Gasteiger partial charge in [-0.3, -0.25) is 4.79 Å². The Bertz CT molecular complexity index is 391. The van der Waals surface area contributed by atoms with Gasteiger partial charge in [-0.2, -0.15) is 0 Å². The summed E-state index contributed by atoms with van der Waals surface area (Å²) in [5.74, 6) is -0.274. The molecule has 20 heavy (non-hydrogen) atoms. The minimum Gasteiger partial charge on any atom is -0.465 e. The summed E-state index contributed by atoms with van der Waals surface area (Å²) < 4.78 is 11.0. The van der Waals surface area contributed by atoms with Crippen LogP contribution in [0.25, 0.3) is 0 Å². The number of carbonyl (C=O) groups excluding carboxylic acids is 1. The average Bonchev–Trinajstić information content (AvgIpc) is 2.46. The molecule has 1 aromatic carbocycles. The number of benzene rings is 1. The van der Waals surface area contributed by atoms with Gasteiger partial charge in [-0.1, -0.05) is 44.2 Å². The van der Waals surface area contributed by atoms with Crippen molar-refractivity contribution < 1.29 is 19.4 Å². The molecule has 0 saturated heterocycles. The van der Waals surface area contributed by atoms with Gasteiger partial charge in [0.15, 0.2) is 0 Å². The summed E-state index contributed by atoms with van der Waals surface area (Å²) >= 11 is 0. The van der Waals surface area contributed by atoms with Crippen LogP contribution in [0.2, 0.25) is 0 Å². The van der Waals surface area contributed by atoms with E-state index >= 15 is 0 Å². The van der Waals surface area contributed by atoms with E-state index in [1.165, 1.54) is 6.92 Å². The Balaban J connectivity index is 2.57. The van der Waals surface area contributed by atoms with Crippen molar-refractivity contribution in [3.63, 3.8) is 0 Å². The number of rotatable bonds is 8. The van der Waals surface area contributed by atoms with Crippen molar-refractivity contribution >= 4 is 5.97 Å². The lowest BCUT2D eigenvalue weighted by atomic mass is 9.94. The fraction of sp³-hybridized carbons (Fsp3) is 0.562. The van der Waals surface area contributed by atoms with Crippen molar-refractivity contribution in [3.8, 4) is 0 Å². The van der Waals surface area contributed by atoms with E-state index in [0.717, 1.165) is 5.56 Å². The summed E-state index contributed by atoms with van der Waals surface area (Å²) in [6.45, 7) is 6.12. The first-order valence-electron chi connectivity index (χ1n) is 6.94. The summed E-state index contributed by atoms with van der Waals surface area (Å²) in [6.07, 6.45) is -0.153. The van der Waals surface area contributed by atoms with Crippen LogP contribution in [0.15, 0.2) is 30.3 Å². The lowest BCUT2D eigenvalue weighted by Crippen LogP contribution is -2.34. The van der Waals surface area contributed by atoms with Crippen LogP contribution < -0.4 is 0 Å². The molecule has 1 N–H and O–H groups in total. The van der Waals surface area contributed by atoms with E-state index in [4.69, 9.17) is 9.47 Å². The number of aliphatic hydroxyl groups excluding tert-OH is 1. The summed E-state index contributed by atoms with van der Waals surface area (Å²) in [5.41, 5.74) is 1.09. The van der Waals surface area contributed by atoms with Gasteiger partial charge in [-0.05, 0) is 5.56 Å². The first-order valence-corrected chi connectivity index (χ1v) is 6.94. The van der Waals surface area contributed by atoms with Gasteiger partial charge in [-0.15, -0.1) is 0 Å². The van der Waals surface area contributed by atoms with Gasteiger partial charge in [0.2, 0.25) is 0 Å². The highest BCUT2D eigenvalue weighted by Gasteiger charge is 2.25. The van der Waals surface area contributed by atoms with Crippen LogP contribution in [-0.4, -0.2) is 30.4 Å². The predicted molar refractivity (Wildman–Crippen MR) is 77.1 cm³/mol. The number of hydrogen-bond donors (Lipinski definition) is 1. The third kappa shape index (κ3) is 5.72.